The van der Waals surface area contributed by atoms with E-state index in [0.29, 0.717) is 5.75 Å². The van der Waals surface area contributed by atoms with Crippen molar-refractivity contribution in [2.45, 2.75) is 114 Å². The third-order valence-corrected chi connectivity index (χ3v) is 9.15. The largest absolute Gasteiger partial charge is 0.481 e. The van der Waals surface area contributed by atoms with Crippen molar-refractivity contribution in [3.8, 4) is 0 Å². The van der Waals surface area contributed by atoms with Crippen molar-refractivity contribution in [2.75, 3.05) is 25.1 Å². The van der Waals surface area contributed by atoms with E-state index >= 15 is 0 Å². The van der Waals surface area contributed by atoms with Crippen LogP contribution >= 0.6 is 11.8 Å². The molecule has 0 fully saturated rings. The summed E-state index contributed by atoms with van der Waals surface area (Å²) in [6.07, 6.45) is -0.0126. The first kappa shape index (κ1) is 54.7. The summed E-state index contributed by atoms with van der Waals surface area (Å²) in [5, 5.41) is 33.9. The number of carbonyl (C=O) groups excluding carboxylic acids is 7. The summed E-state index contributed by atoms with van der Waals surface area (Å²) in [5.41, 5.74) is 32.3. The molecule has 0 heterocycles. The first-order chi connectivity index (χ1) is 28.6. The van der Waals surface area contributed by atoms with E-state index in [0.717, 1.165) is 0 Å². The first-order valence-electron chi connectivity index (χ1n) is 19.1. The second kappa shape index (κ2) is 29.8. The van der Waals surface area contributed by atoms with E-state index in [1.165, 1.54) is 18.7 Å². The molecule has 0 aliphatic rings. The molecule has 0 saturated heterocycles. The summed E-state index contributed by atoms with van der Waals surface area (Å²) < 4.78 is 0. The first-order valence-corrected chi connectivity index (χ1v) is 20.5. The van der Waals surface area contributed by atoms with Gasteiger partial charge < -0.3 is 76.5 Å². The zero-order valence-corrected chi connectivity index (χ0v) is 35.2. The van der Waals surface area contributed by atoms with Gasteiger partial charge in [0.1, 0.15) is 30.2 Å². The van der Waals surface area contributed by atoms with Crippen molar-refractivity contribution < 1.29 is 53.4 Å². The number of guanidine groups is 2. The highest BCUT2D eigenvalue weighted by atomic mass is 32.2. The Kier molecular flexibility index (Phi) is 26.7. The Bertz CT molecular complexity index is 1610. The predicted octanol–water partition coefficient (Wildman–Crippen LogP) is -4.76. The van der Waals surface area contributed by atoms with E-state index in [1.807, 2.05) is 0 Å². The fourth-order valence-electron chi connectivity index (χ4n) is 5.42. The number of hydrogen-bond acceptors (Lipinski definition) is 13. The molecule has 0 radical (unpaired) electrons. The average Bonchev–Trinajstić information content (AvgIpc) is 3.16. The maximum absolute atomic E-state index is 13.9. The number of aliphatic imine (C=N–C) groups is 2. The van der Waals surface area contributed by atoms with Gasteiger partial charge in [0, 0.05) is 45.0 Å². The highest BCUT2D eigenvalue weighted by Gasteiger charge is 2.33. The van der Waals surface area contributed by atoms with Crippen molar-refractivity contribution >= 4 is 77.0 Å². The number of rotatable bonds is 33. The molecule has 0 aliphatic carbocycles. The average molecular weight is 887 g/mol. The predicted molar refractivity (Wildman–Crippen MR) is 226 cm³/mol. The number of carbonyl (C=O) groups is 9. The van der Waals surface area contributed by atoms with Crippen LogP contribution in [0.5, 0.6) is 0 Å². The zero-order valence-electron chi connectivity index (χ0n) is 34.4. The number of nitrogens with one attached hydrogen (secondary N) is 6. The molecule has 6 atom stereocenters. The third kappa shape index (κ3) is 25.7. The Morgan fingerprint density at radius 2 is 0.918 bits per heavy atom. The summed E-state index contributed by atoms with van der Waals surface area (Å²) in [6.45, 7) is 5.17. The van der Waals surface area contributed by atoms with Gasteiger partial charge in [-0.05, 0) is 63.4 Å². The lowest BCUT2D eigenvalue weighted by atomic mass is 10.0. The number of nitrogens with two attached hydrogens (primary N) is 6. The van der Waals surface area contributed by atoms with Crippen LogP contribution in [-0.4, -0.2) is 137 Å². The van der Waals surface area contributed by atoms with Gasteiger partial charge in [-0.15, -0.1) is 0 Å². The molecule has 0 aromatic carbocycles. The van der Waals surface area contributed by atoms with Gasteiger partial charge in [-0.1, -0.05) is 6.58 Å². The molecule has 0 aromatic heterocycles. The summed E-state index contributed by atoms with van der Waals surface area (Å²) in [7, 11) is 0. The molecule has 0 aliphatic heterocycles. The fourth-order valence-corrected chi connectivity index (χ4v) is 5.89. The summed E-state index contributed by atoms with van der Waals surface area (Å²) >= 11 is 1.31. The van der Waals surface area contributed by atoms with E-state index in [4.69, 9.17) is 39.5 Å². The zero-order chi connectivity index (χ0) is 46.7. The highest BCUT2D eigenvalue weighted by Crippen LogP contribution is 2.12. The number of thioether (sulfide) groups is 1. The molecule has 0 bridgehead atoms. The van der Waals surface area contributed by atoms with Crippen molar-refractivity contribution in [1.82, 2.24) is 31.9 Å². The van der Waals surface area contributed by atoms with Crippen molar-refractivity contribution in [3.05, 3.63) is 12.3 Å². The van der Waals surface area contributed by atoms with Crippen LogP contribution in [0.3, 0.4) is 0 Å². The van der Waals surface area contributed by atoms with E-state index in [1.54, 1.807) is 6.26 Å². The van der Waals surface area contributed by atoms with Gasteiger partial charge in [0.2, 0.25) is 41.4 Å². The minimum atomic E-state index is -1.51. The molecule has 25 nitrogen and oxygen atoms in total. The Morgan fingerprint density at radius 1 is 0.541 bits per heavy atom. The van der Waals surface area contributed by atoms with Crippen LogP contribution in [0.15, 0.2) is 22.3 Å². The fraction of sp³-hybridized carbons (Fsp3) is 0.629. The molecule has 0 spiro atoms. The van der Waals surface area contributed by atoms with Crippen LogP contribution in [-0.2, 0) is 43.2 Å². The second-order valence-electron chi connectivity index (χ2n) is 13.7. The van der Waals surface area contributed by atoms with Crippen LogP contribution < -0.4 is 66.3 Å². The van der Waals surface area contributed by atoms with Gasteiger partial charge in [-0.3, -0.25) is 53.1 Å². The Morgan fingerprint density at radius 3 is 1.31 bits per heavy atom. The number of carboxylic acid groups (broad SMARTS) is 2. The quantitative estimate of drug-likeness (QED) is 0.0167. The number of hydrogen-bond donors (Lipinski definition) is 14. The van der Waals surface area contributed by atoms with Crippen molar-refractivity contribution in [3.63, 3.8) is 0 Å². The van der Waals surface area contributed by atoms with Gasteiger partial charge in [0.15, 0.2) is 11.9 Å². The molecule has 0 aromatic rings. The highest BCUT2D eigenvalue weighted by molar-refractivity contribution is 7.98. The molecule has 0 rings (SSSR count). The summed E-state index contributed by atoms with van der Waals surface area (Å²) in [6, 6.07) is -7.73. The van der Waals surface area contributed by atoms with Gasteiger partial charge in [0.05, 0.1) is 6.04 Å². The number of amides is 7. The SMILES string of the molecule is C=C(NC(CCC(=O)O)C(=O)NC(CCSC)C(=O)NC(CCC(N)=O)C(=O)NC(CCCN=C(N)N)C(=O)NC(CCCN=C(N)N)C(N)=O)C(CCC(=O)O)NC(C)=O. The molecule has 7 amide bonds. The van der Waals surface area contributed by atoms with E-state index in [9.17, 15) is 48.3 Å². The standard InChI is InChI=1S/C35H62N14O11S/c1-18(20(45-19(2)50)9-12-27(52)53)44-23(10-13-28(54)55)31(58)49-25(14-17-61-3)33(60)48-24(8-11-26(36)51)32(59)47-22(7-5-16-43-35(40)41)30(57)46-21(29(37)56)6-4-15-42-34(38)39/h20-25,44H,1,4-17H2,2-3H3,(H2,36,51)(H2,37,56)(H,45,50)(H,46,57)(H,47,59)(H,48,60)(H,49,58)(H,52,53)(H,54,55)(H4,38,39,42)(H4,40,41,43). The van der Waals surface area contributed by atoms with Gasteiger partial charge in [0.25, 0.3) is 0 Å². The maximum Gasteiger partial charge on any atom is 0.303 e. The third-order valence-electron chi connectivity index (χ3n) is 8.51. The van der Waals surface area contributed by atoms with Crippen LogP contribution in [0.1, 0.15) is 77.6 Å². The minimum Gasteiger partial charge on any atom is -0.481 e. The second-order valence-corrected chi connectivity index (χ2v) is 14.7. The topological polar surface area (TPSA) is 447 Å². The molecule has 20 N–H and O–H groups in total. The van der Waals surface area contributed by atoms with Crippen LogP contribution in [0, 0.1) is 0 Å². The molecule has 6 unspecified atom stereocenters. The number of carboxylic acids is 2. The Hall–Kier alpha value is -6.34. The van der Waals surface area contributed by atoms with Crippen molar-refractivity contribution in [1.29, 1.82) is 0 Å². The van der Waals surface area contributed by atoms with Crippen LogP contribution in [0.25, 0.3) is 0 Å². The van der Waals surface area contributed by atoms with Gasteiger partial charge in [-0.2, -0.15) is 11.8 Å². The van der Waals surface area contributed by atoms with E-state index < -0.39 is 102 Å². The molecular weight excluding hydrogens is 825 g/mol. The Labute approximate surface area is 357 Å². The van der Waals surface area contributed by atoms with Crippen LogP contribution in [0.4, 0.5) is 0 Å². The maximum atomic E-state index is 13.9. The number of nitrogens with zero attached hydrogens (tertiary/aromatic N) is 2. The molecule has 61 heavy (non-hydrogen) atoms. The van der Waals surface area contributed by atoms with E-state index in [2.05, 4.69) is 48.5 Å². The van der Waals surface area contributed by atoms with Gasteiger partial charge in [-0.25, -0.2) is 0 Å². The molecule has 26 heteroatoms. The lowest BCUT2D eigenvalue weighted by molar-refractivity contribution is -0.138. The smallest absolute Gasteiger partial charge is 0.303 e. The normalized spacial score (nSPS) is 13.5. The number of primary amides is 2. The molecular formula is C35H62N14O11S. The molecule has 0 saturated carbocycles. The van der Waals surface area contributed by atoms with E-state index in [-0.39, 0.29) is 88.5 Å². The number of aliphatic carboxylic acids is 2. The summed E-state index contributed by atoms with van der Waals surface area (Å²) in [4.78, 5) is 121. The molecule has 344 valence electrons. The van der Waals surface area contributed by atoms with Crippen LogP contribution in [0.2, 0.25) is 0 Å². The lowest BCUT2D eigenvalue weighted by Crippen LogP contribution is -2.59. The Balaban J connectivity index is 6.52. The van der Waals surface area contributed by atoms with Crippen molar-refractivity contribution in [2.24, 2.45) is 44.4 Å². The monoisotopic (exact) mass is 886 g/mol. The van der Waals surface area contributed by atoms with Gasteiger partial charge >= 0.3 is 11.9 Å². The lowest BCUT2D eigenvalue weighted by Gasteiger charge is -2.28. The minimum absolute atomic E-state index is 0.000253. The summed E-state index contributed by atoms with van der Waals surface area (Å²) in [5.74, 6) is -8.32.